The molecule has 28 heavy (non-hydrogen) atoms. The predicted octanol–water partition coefficient (Wildman–Crippen LogP) is 4.71. The van der Waals surface area contributed by atoms with Crippen molar-refractivity contribution >= 4 is 34.6 Å². The van der Waals surface area contributed by atoms with Gasteiger partial charge in [-0.3, -0.25) is 9.69 Å². The number of para-hydroxylation sites is 1. The summed E-state index contributed by atoms with van der Waals surface area (Å²) < 4.78 is 5.82. The summed E-state index contributed by atoms with van der Waals surface area (Å²) >= 11 is 5.59. The van der Waals surface area contributed by atoms with E-state index in [1.807, 2.05) is 66.4 Å². The highest BCUT2D eigenvalue weighted by Gasteiger charge is 2.41. The van der Waals surface area contributed by atoms with E-state index < -0.39 is 6.04 Å². The summed E-state index contributed by atoms with van der Waals surface area (Å²) in [5.41, 5.74) is 1.44. The maximum Gasteiger partial charge on any atom is 0.256 e. The molecule has 1 atom stereocenters. The van der Waals surface area contributed by atoms with Crippen molar-refractivity contribution in [3.05, 3.63) is 78.9 Å². The molecular weight excluding hydrogens is 372 g/mol. The highest BCUT2D eigenvalue weighted by molar-refractivity contribution is 7.81. The number of phenolic OH excluding ortho intramolecular Hbond substituents is 1. The number of thiocarbonyl (C=S) groups is 1. The van der Waals surface area contributed by atoms with Crippen LogP contribution in [0.2, 0.25) is 0 Å². The van der Waals surface area contributed by atoms with Gasteiger partial charge in [0.2, 0.25) is 0 Å². The Morgan fingerprint density at radius 1 is 0.857 bits per heavy atom. The molecule has 1 saturated heterocycles. The van der Waals surface area contributed by atoms with Crippen LogP contribution in [-0.2, 0) is 4.79 Å². The van der Waals surface area contributed by atoms with Gasteiger partial charge in [-0.2, -0.15) is 0 Å². The Labute approximate surface area is 168 Å². The lowest BCUT2D eigenvalue weighted by Gasteiger charge is -2.22. The number of benzene rings is 3. The Bertz CT molecular complexity index is 1000. The standard InChI is InChI=1S/C22H18N2O3S/c1-15-21(26)24(17-7-11-18(25)12-8-17)22(28)23(15)16-9-13-20(14-10-16)27-19-5-3-2-4-6-19/h2-15,25H,1H3. The first kappa shape index (κ1) is 18.0. The zero-order valence-electron chi connectivity index (χ0n) is 15.1. The Morgan fingerprint density at radius 3 is 2.07 bits per heavy atom. The maximum atomic E-state index is 12.8. The molecule has 0 aromatic heterocycles. The molecule has 140 valence electrons. The molecule has 1 unspecified atom stereocenters. The average Bonchev–Trinajstić information content (AvgIpc) is 2.93. The third-order valence-electron chi connectivity index (χ3n) is 4.56. The Kier molecular flexibility index (Phi) is 4.71. The van der Waals surface area contributed by atoms with Crippen molar-refractivity contribution in [1.29, 1.82) is 0 Å². The molecule has 1 aliphatic rings. The number of carbonyl (C=O) groups is 1. The zero-order chi connectivity index (χ0) is 19.7. The molecule has 0 radical (unpaired) electrons. The average molecular weight is 390 g/mol. The monoisotopic (exact) mass is 390 g/mol. The first-order valence-electron chi connectivity index (χ1n) is 8.84. The van der Waals surface area contributed by atoms with Gasteiger partial charge in [0.15, 0.2) is 5.11 Å². The first-order valence-corrected chi connectivity index (χ1v) is 9.24. The summed E-state index contributed by atoms with van der Waals surface area (Å²) in [4.78, 5) is 16.1. The largest absolute Gasteiger partial charge is 0.508 e. The highest BCUT2D eigenvalue weighted by Crippen LogP contribution is 2.32. The van der Waals surface area contributed by atoms with Gasteiger partial charge in [0.05, 0.1) is 5.69 Å². The van der Waals surface area contributed by atoms with Crippen molar-refractivity contribution in [1.82, 2.24) is 0 Å². The minimum atomic E-state index is -0.429. The number of rotatable bonds is 4. The summed E-state index contributed by atoms with van der Waals surface area (Å²) in [6.45, 7) is 1.82. The quantitative estimate of drug-likeness (QED) is 0.654. The highest BCUT2D eigenvalue weighted by atomic mass is 32.1. The van der Waals surface area contributed by atoms with Crippen molar-refractivity contribution in [3.63, 3.8) is 0 Å². The van der Waals surface area contributed by atoms with E-state index in [-0.39, 0.29) is 11.7 Å². The summed E-state index contributed by atoms with van der Waals surface area (Å²) in [6.07, 6.45) is 0. The summed E-state index contributed by atoms with van der Waals surface area (Å²) in [6, 6.07) is 23.0. The summed E-state index contributed by atoms with van der Waals surface area (Å²) in [7, 11) is 0. The number of hydrogen-bond acceptors (Lipinski definition) is 4. The molecule has 5 nitrogen and oxygen atoms in total. The summed E-state index contributed by atoms with van der Waals surface area (Å²) in [5, 5.41) is 9.89. The fourth-order valence-electron chi connectivity index (χ4n) is 3.14. The Hall–Kier alpha value is -3.38. The van der Waals surface area contributed by atoms with Gasteiger partial charge < -0.3 is 14.7 Å². The van der Waals surface area contributed by atoms with Crippen molar-refractivity contribution in [2.24, 2.45) is 0 Å². The maximum absolute atomic E-state index is 12.8. The number of carbonyl (C=O) groups excluding carboxylic acids is 1. The van der Waals surface area contributed by atoms with E-state index in [9.17, 15) is 9.90 Å². The minimum Gasteiger partial charge on any atom is -0.508 e. The van der Waals surface area contributed by atoms with E-state index in [0.29, 0.717) is 16.5 Å². The lowest BCUT2D eigenvalue weighted by molar-refractivity contribution is -0.117. The van der Waals surface area contributed by atoms with Gasteiger partial charge in [0.25, 0.3) is 5.91 Å². The number of ether oxygens (including phenoxy) is 1. The smallest absolute Gasteiger partial charge is 0.256 e. The van der Waals surface area contributed by atoms with Gasteiger partial charge in [-0.1, -0.05) is 18.2 Å². The molecule has 1 amide bonds. The van der Waals surface area contributed by atoms with E-state index in [1.165, 1.54) is 17.0 Å². The Balaban J connectivity index is 1.57. The van der Waals surface area contributed by atoms with Crippen LogP contribution in [0.3, 0.4) is 0 Å². The molecule has 1 heterocycles. The van der Waals surface area contributed by atoms with Crippen LogP contribution < -0.4 is 14.5 Å². The molecule has 3 aromatic rings. The first-order chi connectivity index (χ1) is 13.5. The van der Waals surface area contributed by atoms with Gasteiger partial charge in [-0.15, -0.1) is 0 Å². The second-order valence-electron chi connectivity index (χ2n) is 6.43. The van der Waals surface area contributed by atoms with Crippen LogP contribution in [0.4, 0.5) is 11.4 Å². The van der Waals surface area contributed by atoms with E-state index in [1.54, 1.807) is 12.1 Å². The number of phenols is 1. The van der Waals surface area contributed by atoms with Crippen LogP contribution in [0.25, 0.3) is 0 Å². The molecule has 0 saturated carbocycles. The lowest BCUT2D eigenvalue weighted by Crippen LogP contribution is -2.33. The molecule has 0 spiro atoms. The third kappa shape index (κ3) is 3.30. The van der Waals surface area contributed by atoms with Crippen molar-refractivity contribution < 1.29 is 14.6 Å². The van der Waals surface area contributed by atoms with Gasteiger partial charge >= 0.3 is 0 Å². The molecule has 1 aliphatic heterocycles. The summed E-state index contributed by atoms with van der Waals surface area (Å²) in [5.74, 6) is 1.49. The second kappa shape index (κ2) is 7.32. The van der Waals surface area contributed by atoms with Crippen LogP contribution in [0.5, 0.6) is 17.2 Å². The molecular formula is C22H18N2O3S. The Morgan fingerprint density at radius 2 is 1.43 bits per heavy atom. The predicted molar refractivity (Wildman–Crippen MR) is 113 cm³/mol. The van der Waals surface area contributed by atoms with E-state index in [0.717, 1.165) is 11.4 Å². The van der Waals surface area contributed by atoms with E-state index >= 15 is 0 Å². The SMILES string of the molecule is CC1C(=O)N(c2ccc(O)cc2)C(=S)N1c1ccc(Oc2ccccc2)cc1. The van der Waals surface area contributed by atoms with Gasteiger partial charge in [0, 0.05) is 5.69 Å². The molecule has 1 N–H and O–H groups in total. The van der Waals surface area contributed by atoms with E-state index in [2.05, 4.69) is 0 Å². The fraction of sp³-hybridized carbons (Fsp3) is 0.0909. The molecule has 0 bridgehead atoms. The van der Waals surface area contributed by atoms with Crippen LogP contribution in [0, 0.1) is 0 Å². The van der Waals surface area contributed by atoms with Crippen LogP contribution in [-0.4, -0.2) is 22.2 Å². The number of nitrogens with zero attached hydrogens (tertiary/aromatic N) is 2. The van der Waals surface area contributed by atoms with Crippen LogP contribution in [0.1, 0.15) is 6.92 Å². The lowest BCUT2D eigenvalue weighted by atomic mass is 10.2. The normalized spacial score (nSPS) is 16.5. The topological polar surface area (TPSA) is 53.0 Å². The van der Waals surface area contributed by atoms with Crippen LogP contribution in [0.15, 0.2) is 78.9 Å². The number of aromatic hydroxyl groups is 1. The van der Waals surface area contributed by atoms with Crippen molar-refractivity contribution in [2.75, 3.05) is 9.80 Å². The third-order valence-corrected chi connectivity index (χ3v) is 4.94. The van der Waals surface area contributed by atoms with Crippen LogP contribution >= 0.6 is 12.2 Å². The van der Waals surface area contributed by atoms with Crippen molar-refractivity contribution in [2.45, 2.75) is 13.0 Å². The molecule has 3 aromatic carbocycles. The van der Waals surface area contributed by atoms with Gasteiger partial charge in [-0.05, 0) is 79.8 Å². The second-order valence-corrected chi connectivity index (χ2v) is 6.79. The zero-order valence-corrected chi connectivity index (χ0v) is 16.0. The van der Waals surface area contributed by atoms with Crippen molar-refractivity contribution in [3.8, 4) is 17.2 Å². The molecule has 4 rings (SSSR count). The fourth-order valence-corrected chi connectivity index (χ4v) is 3.60. The van der Waals surface area contributed by atoms with E-state index in [4.69, 9.17) is 17.0 Å². The molecule has 6 heteroatoms. The molecule has 0 aliphatic carbocycles. The van der Waals surface area contributed by atoms with Gasteiger partial charge in [0.1, 0.15) is 23.3 Å². The minimum absolute atomic E-state index is 0.111. The molecule has 1 fully saturated rings. The number of anilines is 2. The number of amides is 1. The number of hydrogen-bond donors (Lipinski definition) is 1. The van der Waals surface area contributed by atoms with Gasteiger partial charge in [-0.25, -0.2) is 0 Å².